The molecular weight excluding hydrogens is 435 g/mol. The number of carbonyl (C=O) groups is 1. The molecule has 5 rings (SSSR count). The molecule has 1 aromatic carbocycles. The van der Waals surface area contributed by atoms with Crippen LogP contribution in [0.3, 0.4) is 0 Å². The van der Waals surface area contributed by atoms with E-state index in [-0.39, 0.29) is 29.3 Å². The number of alkyl halides is 3. The lowest BCUT2D eigenvalue weighted by molar-refractivity contribution is -0.137. The Morgan fingerprint density at radius 2 is 2.06 bits per heavy atom. The molecule has 156 valence electrons. The SMILES string of the molecule is O=C(NCc1cc(-c2nc3ccc(C(F)(F)F)cc3[nH]2)on1)c1ncnc2scnc12. The second-order valence-electron chi connectivity index (χ2n) is 6.41. The lowest BCUT2D eigenvalue weighted by Gasteiger charge is -2.04. The Morgan fingerprint density at radius 1 is 1.19 bits per heavy atom. The maximum absolute atomic E-state index is 12.9. The number of fused-ring (bicyclic) bond motifs is 2. The van der Waals surface area contributed by atoms with Gasteiger partial charge in [-0.2, -0.15) is 13.2 Å². The highest BCUT2D eigenvalue weighted by Crippen LogP contribution is 2.31. The van der Waals surface area contributed by atoms with Crippen LogP contribution in [0.2, 0.25) is 0 Å². The van der Waals surface area contributed by atoms with Crippen molar-refractivity contribution in [3.05, 3.63) is 53.1 Å². The number of halogens is 3. The minimum Gasteiger partial charge on any atom is -0.353 e. The van der Waals surface area contributed by atoms with E-state index in [0.29, 0.717) is 21.6 Å². The normalized spacial score (nSPS) is 12.0. The van der Waals surface area contributed by atoms with Crippen LogP contribution >= 0.6 is 11.3 Å². The number of hydrogen-bond donors (Lipinski definition) is 2. The monoisotopic (exact) mass is 445 g/mol. The van der Waals surface area contributed by atoms with Crippen LogP contribution in [0.1, 0.15) is 21.7 Å². The first-order valence-corrected chi connectivity index (χ1v) is 9.62. The molecule has 0 unspecified atom stereocenters. The molecule has 0 saturated carbocycles. The zero-order valence-corrected chi connectivity index (χ0v) is 16.1. The van der Waals surface area contributed by atoms with Gasteiger partial charge >= 0.3 is 6.18 Å². The lowest BCUT2D eigenvalue weighted by atomic mass is 10.2. The summed E-state index contributed by atoms with van der Waals surface area (Å²) in [6.07, 6.45) is -3.17. The van der Waals surface area contributed by atoms with Gasteiger partial charge in [-0.1, -0.05) is 5.16 Å². The molecule has 5 aromatic rings. The second-order valence-corrected chi connectivity index (χ2v) is 7.24. The number of amides is 1. The quantitative estimate of drug-likeness (QED) is 0.434. The van der Waals surface area contributed by atoms with Gasteiger partial charge in [0, 0.05) is 6.07 Å². The van der Waals surface area contributed by atoms with Crippen LogP contribution in [-0.4, -0.2) is 36.0 Å². The number of imidazole rings is 1. The largest absolute Gasteiger partial charge is 0.416 e. The van der Waals surface area contributed by atoms with Gasteiger partial charge in [0.05, 0.1) is 28.7 Å². The van der Waals surface area contributed by atoms with Gasteiger partial charge in [-0.05, 0) is 18.2 Å². The number of H-pyrrole nitrogens is 1. The van der Waals surface area contributed by atoms with Gasteiger partial charge in [-0.15, -0.1) is 11.3 Å². The highest BCUT2D eigenvalue weighted by atomic mass is 32.1. The first-order chi connectivity index (χ1) is 14.9. The molecule has 2 N–H and O–H groups in total. The van der Waals surface area contributed by atoms with Crippen LogP contribution in [0.4, 0.5) is 13.2 Å². The van der Waals surface area contributed by atoms with Crippen LogP contribution in [0.15, 0.2) is 40.6 Å². The molecular formula is C18H10F3N7O2S. The van der Waals surface area contributed by atoms with E-state index >= 15 is 0 Å². The standard InChI is InChI=1S/C18H10F3N7O2S/c19-18(20,21)8-1-2-10-11(3-8)27-15(26-10)12-4-9(28-30-12)5-22-16(29)13-14-17(24-6-23-13)31-7-25-14/h1-4,6-7H,5H2,(H,22,29)(H,26,27). The Hall–Kier alpha value is -3.87. The molecule has 0 spiro atoms. The van der Waals surface area contributed by atoms with E-state index in [1.54, 1.807) is 5.51 Å². The summed E-state index contributed by atoms with van der Waals surface area (Å²) >= 11 is 1.30. The van der Waals surface area contributed by atoms with Gasteiger partial charge in [0.2, 0.25) is 5.76 Å². The van der Waals surface area contributed by atoms with Gasteiger partial charge in [-0.25, -0.2) is 19.9 Å². The summed E-state index contributed by atoms with van der Waals surface area (Å²) in [5.41, 5.74) is 2.31. The molecule has 31 heavy (non-hydrogen) atoms. The summed E-state index contributed by atoms with van der Waals surface area (Å²) in [6.45, 7) is 0.0381. The van der Waals surface area contributed by atoms with Gasteiger partial charge < -0.3 is 14.8 Å². The zero-order chi connectivity index (χ0) is 21.6. The van der Waals surface area contributed by atoms with Crippen LogP contribution in [0.5, 0.6) is 0 Å². The first kappa shape index (κ1) is 19.1. The van der Waals surface area contributed by atoms with Crippen molar-refractivity contribution in [2.24, 2.45) is 0 Å². The third kappa shape index (κ3) is 3.59. The average Bonchev–Trinajstić information content (AvgIpc) is 3.49. The Bertz CT molecular complexity index is 1420. The molecule has 0 radical (unpaired) electrons. The number of carbonyl (C=O) groups excluding carboxylic acids is 1. The molecule has 9 nitrogen and oxygen atoms in total. The molecule has 0 atom stereocenters. The summed E-state index contributed by atoms with van der Waals surface area (Å²) in [5.74, 6) is -0.0106. The van der Waals surface area contributed by atoms with Crippen molar-refractivity contribution in [2.45, 2.75) is 12.7 Å². The van der Waals surface area contributed by atoms with Gasteiger partial charge in [0.15, 0.2) is 11.5 Å². The van der Waals surface area contributed by atoms with Crippen LogP contribution in [0.25, 0.3) is 33.0 Å². The molecule has 13 heteroatoms. The summed E-state index contributed by atoms with van der Waals surface area (Å²) in [6, 6.07) is 4.74. The predicted octanol–water partition coefficient (Wildman–Crippen LogP) is 3.57. The van der Waals surface area contributed by atoms with E-state index in [1.807, 2.05) is 0 Å². The van der Waals surface area contributed by atoms with Gasteiger partial charge in [0.25, 0.3) is 5.91 Å². The van der Waals surface area contributed by atoms with Crippen molar-refractivity contribution < 1.29 is 22.5 Å². The van der Waals surface area contributed by atoms with E-state index in [4.69, 9.17) is 4.52 Å². The lowest BCUT2D eigenvalue weighted by Crippen LogP contribution is -2.24. The Morgan fingerprint density at radius 3 is 2.90 bits per heavy atom. The van der Waals surface area contributed by atoms with Crippen LogP contribution in [0, 0.1) is 0 Å². The van der Waals surface area contributed by atoms with Crippen molar-refractivity contribution in [1.29, 1.82) is 0 Å². The van der Waals surface area contributed by atoms with Crippen molar-refractivity contribution in [2.75, 3.05) is 0 Å². The molecule has 1 amide bonds. The fourth-order valence-corrected chi connectivity index (χ4v) is 3.55. The third-order valence-electron chi connectivity index (χ3n) is 4.38. The summed E-state index contributed by atoms with van der Waals surface area (Å²) in [4.78, 5) is 32.2. The van der Waals surface area contributed by atoms with E-state index in [2.05, 4.69) is 35.4 Å². The molecule has 0 bridgehead atoms. The minimum atomic E-state index is -4.45. The van der Waals surface area contributed by atoms with Crippen molar-refractivity contribution in [3.63, 3.8) is 0 Å². The van der Waals surface area contributed by atoms with E-state index in [9.17, 15) is 18.0 Å². The smallest absolute Gasteiger partial charge is 0.353 e. The number of benzene rings is 1. The highest BCUT2D eigenvalue weighted by molar-refractivity contribution is 7.16. The number of aromatic nitrogens is 6. The number of aromatic amines is 1. The number of rotatable bonds is 4. The van der Waals surface area contributed by atoms with Gasteiger partial charge in [0.1, 0.15) is 22.4 Å². The number of thiazole rings is 1. The molecule has 0 aliphatic rings. The Balaban J connectivity index is 1.33. The van der Waals surface area contributed by atoms with Crippen LogP contribution < -0.4 is 5.32 Å². The van der Waals surface area contributed by atoms with E-state index in [1.165, 1.54) is 29.8 Å². The maximum atomic E-state index is 12.9. The van der Waals surface area contributed by atoms with Crippen LogP contribution in [-0.2, 0) is 12.7 Å². The predicted molar refractivity (Wildman–Crippen MR) is 103 cm³/mol. The topological polar surface area (TPSA) is 122 Å². The average molecular weight is 445 g/mol. The summed E-state index contributed by atoms with van der Waals surface area (Å²) in [7, 11) is 0. The summed E-state index contributed by atoms with van der Waals surface area (Å²) < 4.78 is 43.9. The molecule has 0 aliphatic carbocycles. The van der Waals surface area contributed by atoms with Crippen molar-refractivity contribution >= 4 is 38.6 Å². The molecule has 0 fully saturated rings. The number of nitrogens with one attached hydrogen (secondary N) is 2. The van der Waals surface area contributed by atoms with E-state index in [0.717, 1.165) is 12.1 Å². The number of hydrogen-bond acceptors (Lipinski definition) is 8. The molecule has 4 heterocycles. The second kappa shape index (κ2) is 7.12. The molecule has 4 aromatic heterocycles. The fourth-order valence-electron chi connectivity index (χ4n) is 2.92. The molecule has 0 aliphatic heterocycles. The van der Waals surface area contributed by atoms with E-state index < -0.39 is 17.6 Å². The highest BCUT2D eigenvalue weighted by Gasteiger charge is 2.30. The van der Waals surface area contributed by atoms with Crippen molar-refractivity contribution in [1.82, 2.24) is 35.4 Å². The third-order valence-corrected chi connectivity index (χ3v) is 5.11. The van der Waals surface area contributed by atoms with Gasteiger partial charge in [-0.3, -0.25) is 4.79 Å². The minimum absolute atomic E-state index is 0.0381. The summed E-state index contributed by atoms with van der Waals surface area (Å²) in [5, 5.41) is 6.53. The fraction of sp³-hybridized carbons (Fsp3) is 0.111. The first-order valence-electron chi connectivity index (χ1n) is 8.74. The molecule has 0 saturated heterocycles. The number of nitrogens with zero attached hydrogens (tertiary/aromatic N) is 5. The maximum Gasteiger partial charge on any atom is 0.416 e. The zero-order valence-electron chi connectivity index (χ0n) is 15.3. The van der Waals surface area contributed by atoms with Crippen molar-refractivity contribution in [3.8, 4) is 11.6 Å². The Kier molecular flexibility index (Phi) is 4.39. The Labute approximate surface area is 174 Å².